The molecule has 7 heteroatoms. The van der Waals surface area contributed by atoms with Crippen molar-refractivity contribution in [2.45, 2.75) is 30.9 Å². The Kier molecular flexibility index (Phi) is 6.55. The van der Waals surface area contributed by atoms with Gasteiger partial charge in [0.15, 0.2) is 0 Å². The smallest absolute Gasteiger partial charge is 0.240 e. The van der Waals surface area contributed by atoms with E-state index < -0.39 is 10.0 Å². The largest absolute Gasteiger partial charge is 0.392 e. The Morgan fingerprint density at radius 1 is 1.30 bits per heavy atom. The third-order valence-electron chi connectivity index (χ3n) is 4.12. The molecule has 0 aromatic heterocycles. The zero-order chi connectivity index (χ0) is 16.9. The maximum Gasteiger partial charge on any atom is 0.240 e. The van der Waals surface area contributed by atoms with Gasteiger partial charge in [0.25, 0.3) is 0 Å². The minimum absolute atomic E-state index is 0.301. The van der Waals surface area contributed by atoms with E-state index in [0.29, 0.717) is 30.6 Å². The molecule has 0 unspecified atom stereocenters. The summed E-state index contributed by atoms with van der Waals surface area (Å²) >= 11 is 0. The molecule has 6 nitrogen and oxygen atoms in total. The SMILES string of the molecule is C[C@H](O)CN1CCN(CCNS(=O)(=O)c2ccccc2)C[C@@H]1C. The molecule has 0 bridgehead atoms. The van der Waals surface area contributed by atoms with Gasteiger partial charge in [0.05, 0.1) is 11.0 Å². The van der Waals surface area contributed by atoms with Crippen LogP contribution >= 0.6 is 0 Å². The average Bonchev–Trinajstić information content (AvgIpc) is 2.50. The summed E-state index contributed by atoms with van der Waals surface area (Å²) in [4.78, 5) is 4.83. The summed E-state index contributed by atoms with van der Waals surface area (Å²) in [5, 5.41) is 9.50. The van der Waals surface area contributed by atoms with Crippen LogP contribution in [0.4, 0.5) is 0 Å². The van der Waals surface area contributed by atoms with E-state index in [1.165, 1.54) is 0 Å². The fraction of sp³-hybridized carbons (Fsp3) is 0.625. The predicted molar refractivity (Wildman–Crippen MR) is 90.8 cm³/mol. The van der Waals surface area contributed by atoms with E-state index in [4.69, 9.17) is 0 Å². The first-order valence-electron chi connectivity index (χ1n) is 8.07. The molecular formula is C16H27N3O3S. The standard InChI is InChI=1S/C16H27N3O3S/c1-14-12-18(10-11-19(14)13-15(2)20)9-8-17-23(21,22)16-6-4-3-5-7-16/h3-7,14-15,17,20H,8-13H2,1-2H3/t14-,15-/m0/s1. The van der Waals surface area contributed by atoms with Gasteiger partial charge in [0.1, 0.15) is 0 Å². The third-order valence-corrected chi connectivity index (χ3v) is 5.60. The van der Waals surface area contributed by atoms with Crippen molar-refractivity contribution < 1.29 is 13.5 Å². The Morgan fingerprint density at radius 3 is 2.61 bits per heavy atom. The minimum atomic E-state index is -3.42. The van der Waals surface area contributed by atoms with Crippen LogP contribution in [0.2, 0.25) is 0 Å². The minimum Gasteiger partial charge on any atom is -0.392 e. The van der Waals surface area contributed by atoms with E-state index in [0.717, 1.165) is 19.6 Å². The summed E-state index contributed by atoms with van der Waals surface area (Å²) in [6, 6.07) is 8.80. The van der Waals surface area contributed by atoms with Crippen molar-refractivity contribution in [2.24, 2.45) is 0 Å². The molecule has 1 fully saturated rings. The lowest BCUT2D eigenvalue weighted by atomic mass is 10.1. The molecule has 0 saturated carbocycles. The second-order valence-corrected chi connectivity index (χ2v) is 7.97. The Bertz CT molecular complexity index is 577. The molecule has 1 saturated heterocycles. The van der Waals surface area contributed by atoms with E-state index >= 15 is 0 Å². The summed E-state index contributed by atoms with van der Waals surface area (Å²) < 4.78 is 26.9. The van der Waals surface area contributed by atoms with Gasteiger partial charge in [0.2, 0.25) is 10.0 Å². The first-order valence-corrected chi connectivity index (χ1v) is 9.56. The second-order valence-electron chi connectivity index (χ2n) is 6.20. The fourth-order valence-corrected chi connectivity index (χ4v) is 3.95. The van der Waals surface area contributed by atoms with Gasteiger partial charge in [-0.25, -0.2) is 13.1 Å². The van der Waals surface area contributed by atoms with Crippen molar-refractivity contribution in [2.75, 3.05) is 39.3 Å². The van der Waals surface area contributed by atoms with Crippen LogP contribution in [0, 0.1) is 0 Å². The van der Waals surface area contributed by atoms with Crippen LogP contribution in [0.5, 0.6) is 0 Å². The van der Waals surface area contributed by atoms with Crippen molar-refractivity contribution in [3.8, 4) is 0 Å². The van der Waals surface area contributed by atoms with Gasteiger partial charge in [-0.1, -0.05) is 18.2 Å². The molecule has 1 heterocycles. The Balaban J connectivity index is 1.77. The average molecular weight is 341 g/mol. The number of nitrogens with one attached hydrogen (secondary N) is 1. The highest BCUT2D eigenvalue weighted by atomic mass is 32.2. The lowest BCUT2D eigenvalue weighted by Crippen LogP contribution is -2.54. The molecule has 2 rings (SSSR count). The van der Waals surface area contributed by atoms with E-state index in [-0.39, 0.29) is 6.10 Å². The van der Waals surface area contributed by atoms with E-state index in [1.54, 1.807) is 37.3 Å². The summed E-state index contributed by atoms with van der Waals surface area (Å²) in [6.07, 6.45) is -0.318. The Hall–Kier alpha value is -0.990. The molecule has 0 amide bonds. The van der Waals surface area contributed by atoms with Crippen molar-refractivity contribution in [1.29, 1.82) is 0 Å². The highest BCUT2D eigenvalue weighted by Crippen LogP contribution is 2.10. The fourth-order valence-electron chi connectivity index (χ4n) is 2.91. The Labute approximate surface area is 139 Å². The maximum absolute atomic E-state index is 12.1. The molecule has 23 heavy (non-hydrogen) atoms. The zero-order valence-corrected chi connectivity index (χ0v) is 14.7. The zero-order valence-electron chi connectivity index (χ0n) is 13.9. The molecule has 2 N–H and O–H groups in total. The molecule has 0 spiro atoms. The predicted octanol–water partition coefficient (Wildman–Crippen LogP) is 0.352. The molecule has 1 aromatic carbocycles. The number of piperazine rings is 1. The molecule has 1 aromatic rings. The number of aliphatic hydroxyl groups excluding tert-OH is 1. The number of nitrogens with zero attached hydrogens (tertiary/aromatic N) is 2. The normalized spacial score (nSPS) is 22.1. The van der Waals surface area contributed by atoms with E-state index in [1.807, 2.05) is 0 Å². The lowest BCUT2D eigenvalue weighted by molar-refractivity contribution is 0.0460. The maximum atomic E-state index is 12.1. The molecule has 130 valence electrons. The van der Waals surface area contributed by atoms with Gasteiger partial charge in [0, 0.05) is 45.3 Å². The number of rotatable bonds is 7. The summed E-state index contributed by atoms with van der Waals surface area (Å²) in [7, 11) is -3.42. The molecular weight excluding hydrogens is 314 g/mol. The Morgan fingerprint density at radius 2 is 2.00 bits per heavy atom. The second kappa shape index (κ2) is 8.21. The van der Waals surface area contributed by atoms with Gasteiger partial charge in [-0.05, 0) is 26.0 Å². The van der Waals surface area contributed by atoms with Crippen molar-refractivity contribution in [3.63, 3.8) is 0 Å². The first-order chi connectivity index (χ1) is 10.9. The van der Waals surface area contributed by atoms with Crippen molar-refractivity contribution >= 4 is 10.0 Å². The summed E-state index contributed by atoms with van der Waals surface area (Å²) in [5.74, 6) is 0. The number of aliphatic hydroxyl groups is 1. The van der Waals surface area contributed by atoms with E-state index in [9.17, 15) is 13.5 Å². The van der Waals surface area contributed by atoms with Gasteiger partial charge in [-0.15, -0.1) is 0 Å². The van der Waals surface area contributed by atoms with Crippen LogP contribution in [0.15, 0.2) is 35.2 Å². The van der Waals surface area contributed by atoms with Crippen LogP contribution in [0.3, 0.4) is 0 Å². The van der Waals surface area contributed by atoms with Gasteiger partial charge in [-0.3, -0.25) is 9.80 Å². The van der Waals surface area contributed by atoms with Gasteiger partial charge < -0.3 is 5.11 Å². The van der Waals surface area contributed by atoms with Crippen LogP contribution in [0.1, 0.15) is 13.8 Å². The lowest BCUT2D eigenvalue weighted by Gasteiger charge is -2.40. The number of hydrogen-bond donors (Lipinski definition) is 2. The molecule has 0 radical (unpaired) electrons. The first kappa shape index (κ1) is 18.4. The number of β-amino-alcohol motifs (C(OH)–C–C–N with tert-alkyl or cyclic N) is 1. The number of sulfonamides is 1. The van der Waals surface area contributed by atoms with Crippen LogP contribution in [-0.4, -0.2) is 74.7 Å². The summed E-state index contributed by atoms with van der Waals surface area (Å²) in [5.41, 5.74) is 0. The van der Waals surface area contributed by atoms with Crippen LogP contribution in [0.25, 0.3) is 0 Å². The number of benzene rings is 1. The van der Waals surface area contributed by atoms with Crippen molar-refractivity contribution in [3.05, 3.63) is 30.3 Å². The third kappa shape index (κ3) is 5.54. The van der Waals surface area contributed by atoms with Crippen LogP contribution < -0.4 is 4.72 Å². The highest BCUT2D eigenvalue weighted by Gasteiger charge is 2.24. The quantitative estimate of drug-likeness (QED) is 0.749. The monoisotopic (exact) mass is 341 g/mol. The van der Waals surface area contributed by atoms with Gasteiger partial charge >= 0.3 is 0 Å². The molecule has 1 aliphatic rings. The topological polar surface area (TPSA) is 72.9 Å². The highest BCUT2D eigenvalue weighted by molar-refractivity contribution is 7.89. The number of hydrogen-bond acceptors (Lipinski definition) is 5. The molecule has 1 aliphatic heterocycles. The van der Waals surface area contributed by atoms with Crippen LogP contribution in [-0.2, 0) is 10.0 Å². The molecule has 2 atom stereocenters. The van der Waals surface area contributed by atoms with Gasteiger partial charge in [-0.2, -0.15) is 0 Å². The summed E-state index contributed by atoms with van der Waals surface area (Å²) in [6.45, 7) is 8.41. The van der Waals surface area contributed by atoms with Crippen molar-refractivity contribution in [1.82, 2.24) is 14.5 Å². The van der Waals surface area contributed by atoms with E-state index in [2.05, 4.69) is 21.4 Å². The molecule has 0 aliphatic carbocycles.